The molecule has 0 fully saturated rings. The highest BCUT2D eigenvalue weighted by atomic mass is 35.5. The van der Waals surface area contributed by atoms with Crippen molar-refractivity contribution >= 4 is 29.1 Å². The van der Waals surface area contributed by atoms with Gasteiger partial charge in [-0.15, -0.1) is 11.8 Å². The highest BCUT2D eigenvalue weighted by Crippen LogP contribution is 2.41. The predicted octanol–water partition coefficient (Wildman–Crippen LogP) is 4.11. The van der Waals surface area contributed by atoms with Crippen LogP contribution in [0, 0.1) is 5.92 Å². The molecule has 0 aliphatic carbocycles. The lowest BCUT2D eigenvalue weighted by Gasteiger charge is -2.25. The molecule has 0 aromatic heterocycles. The fraction of sp³-hybridized carbons (Fsp3) is 0.188. The molecule has 2 aliphatic heterocycles. The minimum Gasteiger partial charge on any atom is -0.302 e. The molecule has 2 unspecified atom stereocenters. The molecule has 20 heavy (non-hydrogen) atoms. The lowest BCUT2D eigenvalue weighted by atomic mass is 9.88. The van der Waals surface area contributed by atoms with Crippen LogP contribution < -0.4 is 5.43 Å². The molecule has 1 N–H and O–H groups in total. The van der Waals surface area contributed by atoms with Crippen molar-refractivity contribution in [1.29, 1.82) is 0 Å². The third-order valence-corrected chi connectivity index (χ3v) is 5.33. The molecule has 100 valence electrons. The highest BCUT2D eigenvalue weighted by Gasteiger charge is 2.37. The van der Waals surface area contributed by atoms with Crippen LogP contribution in [0.25, 0.3) is 0 Å². The zero-order valence-corrected chi connectivity index (χ0v) is 12.3. The molecule has 4 heteroatoms. The van der Waals surface area contributed by atoms with E-state index in [1.54, 1.807) is 0 Å². The first-order valence-corrected chi connectivity index (χ1v) is 8.00. The average molecular weight is 301 g/mol. The van der Waals surface area contributed by atoms with Crippen molar-refractivity contribution in [2.45, 2.75) is 10.9 Å². The second-order valence-corrected chi connectivity index (χ2v) is 6.57. The van der Waals surface area contributed by atoms with Crippen LogP contribution in [-0.4, -0.2) is 11.5 Å². The fourth-order valence-electron chi connectivity index (χ4n) is 2.87. The summed E-state index contributed by atoms with van der Waals surface area (Å²) in [5.74, 6) is 1.49. The normalized spacial score (nSPS) is 23.6. The number of benzene rings is 2. The standard InChI is InChI=1S/C16H13ClN2S/c17-11-7-5-10(6-8-11)15-13-9-20-14-4-2-1-3-12(14)16(13)19-18-15/h1-8,13,15,18H,9H2. The summed E-state index contributed by atoms with van der Waals surface area (Å²) in [7, 11) is 0. The maximum atomic E-state index is 5.97. The maximum absolute atomic E-state index is 5.97. The van der Waals surface area contributed by atoms with Gasteiger partial charge in [0.15, 0.2) is 0 Å². The van der Waals surface area contributed by atoms with Crippen LogP contribution in [-0.2, 0) is 0 Å². The number of nitrogens with one attached hydrogen (secondary N) is 1. The van der Waals surface area contributed by atoms with E-state index in [1.165, 1.54) is 21.7 Å². The van der Waals surface area contributed by atoms with Gasteiger partial charge in [0.05, 0.1) is 11.8 Å². The minimum atomic E-state index is 0.253. The highest BCUT2D eigenvalue weighted by molar-refractivity contribution is 7.99. The van der Waals surface area contributed by atoms with E-state index in [2.05, 4.69) is 46.9 Å². The molecule has 2 heterocycles. The van der Waals surface area contributed by atoms with Gasteiger partial charge in [-0.25, -0.2) is 0 Å². The molecule has 2 aromatic rings. The molecule has 0 bridgehead atoms. The van der Waals surface area contributed by atoms with Crippen LogP contribution in [0.4, 0.5) is 0 Å². The SMILES string of the molecule is Clc1ccc(C2NN=C3c4ccccc4SCC32)cc1. The van der Waals surface area contributed by atoms with Crippen LogP contribution in [0.1, 0.15) is 17.2 Å². The van der Waals surface area contributed by atoms with E-state index in [0.717, 1.165) is 10.8 Å². The van der Waals surface area contributed by atoms with Gasteiger partial charge in [-0.05, 0) is 23.8 Å². The van der Waals surface area contributed by atoms with Crippen LogP contribution in [0.2, 0.25) is 5.02 Å². The molecule has 2 aromatic carbocycles. The summed E-state index contributed by atoms with van der Waals surface area (Å²) in [6, 6.07) is 16.8. The van der Waals surface area contributed by atoms with Crippen molar-refractivity contribution in [2.75, 3.05) is 5.75 Å². The largest absolute Gasteiger partial charge is 0.302 e. The summed E-state index contributed by atoms with van der Waals surface area (Å²) in [4.78, 5) is 1.33. The van der Waals surface area contributed by atoms with Crippen molar-refractivity contribution in [3.05, 3.63) is 64.7 Å². The van der Waals surface area contributed by atoms with Crippen LogP contribution in [0.3, 0.4) is 0 Å². The number of thioether (sulfide) groups is 1. The van der Waals surface area contributed by atoms with Crippen molar-refractivity contribution < 1.29 is 0 Å². The minimum absolute atomic E-state index is 0.253. The van der Waals surface area contributed by atoms with Crippen LogP contribution in [0.15, 0.2) is 58.5 Å². The van der Waals surface area contributed by atoms with Gasteiger partial charge >= 0.3 is 0 Å². The summed E-state index contributed by atoms with van der Waals surface area (Å²) < 4.78 is 0. The van der Waals surface area contributed by atoms with Crippen LogP contribution in [0.5, 0.6) is 0 Å². The van der Waals surface area contributed by atoms with E-state index >= 15 is 0 Å². The number of hydrogen-bond donors (Lipinski definition) is 1. The molecule has 2 nitrogen and oxygen atoms in total. The number of nitrogens with zero attached hydrogens (tertiary/aromatic N) is 1. The zero-order chi connectivity index (χ0) is 13.5. The van der Waals surface area contributed by atoms with E-state index in [4.69, 9.17) is 11.6 Å². The first kappa shape index (κ1) is 12.3. The molecule has 0 radical (unpaired) electrons. The Morgan fingerprint density at radius 2 is 1.90 bits per heavy atom. The molecule has 2 aliphatic rings. The monoisotopic (exact) mass is 300 g/mol. The van der Waals surface area contributed by atoms with Gasteiger partial charge < -0.3 is 5.43 Å². The molecule has 4 rings (SSSR count). The number of hydrogen-bond acceptors (Lipinski definition) is 3. The van der Waals surface area contributed by atoms with E-state index < -0.39 is 0 Å². The molecular formula is C16H13ClN2S. The van der Waals surface area contributed by atoms with Gasteiger partial charge in [-0.3, -0.25) is 0 Å². The Morgan fingerprint density at radius 3 is 2.75 bits per heavy atom. The zero-order valence-electron chi connectivity index (χ0n) is 10.7. The molecule has 0 saturated heterocycles. The Bertz CT molecular complexity index is 681. The Labute approximate surface area is 127 Å². The summed E-state index contributed by atoms with van der Waals surface area (Å²) >= 11 is 7.89. The van der Waals surface area contributed by atoms with Gasteiger partial charge in [0, 0.05) is 27.2 Å². The predicted molar refractivity (Wildman–Crippen MR) is 84.5 cm³/mol. The molecular weight excluding hydrogens is 288 g/mol. The van der Waals surface area contributed by atoms with E-state index in [-0.39, 0.29) is 6.04 Å². The first-order valence-electron chi connectivity index (χ1n) is 6.64. The number of rotatable bonds is 1. The first-order chi connectivity index (χ1) is 9.83. The van der Waals surface area contributed by atoms with Crippen LogP contribution >= 0.6 is 23.4 Å². The molecule has 0 saturated carbocycles. The second-order valence-electron chi connectivity index (χ2n) is 5.07. The molecule has 2 atom stereocenters. The molecule has 0 amide bonds. The number of fused-ring (bicyclic) bond motifs is 3. The van der Waals surface area contributed by atoms with Crippen molar-refractivity contribution in [1.82, 2.24) is 5.43 Å². The van der Waals surface area contributed by atoms with Crippen molar-refractivity contribution in [3.8, 4) is 0 Å². The average Bonchev–Trinajstić information content (AvgIpc) is 2.92. The quantitative estimate of drug-likeness (QED) is 0.857. The Hall–Kier alpha value is -1.45. The van der Waals surface area contributed by atoms with Gasteiger partial charge in [-0.2, -0.15) is 5.10 Å². The van der Waals surface area contributed by atoms with E-state index in [1.807, 2.05) is 23.9 Å². The van der Waals surface area contributed by atoms with E-state index in [0.29, 0.717) is 5.92 Å². The third kappa shape index (κ3) is 1.93. The summed E-state index contributed by atoms with van der Waals surface area (Å²) in [5, 5.41) is 5.37. The smallest absolute Gasteiger partial charge is 0.0782 e. The number of halogens is 1. The lowest BCUT2D eigenvalue weighted by molar-refractivity contribution is 0.529. The Kier molecular flexibility index (Phi) is 2.97. The topological polar surface area (TPSA) is 24.4 Å². The second kappa shape index (κ2) is 4.83. The summed E-state index contributed by atoms with van der Waals surface area (Å²) in [6.45, 7) is 0. The fourth-order valence-corrected chi connectivity index (χ4v) is 4.20. The van der Waals surface area contributed by atoms with Gasteiger partial charge in [0.2, 0.25) is 0 Å². The summed E-state index contributed by atoms with van der Waals surface area (Å²) in [6.07, 6.45) is 0. The van der Waals surface area contributed by atoms with E-state index in [9.17, 15) is 0 Å². The van der Waals surface area contributed by atoms with Gasteiger partial charge in [-0.1, -0.05) is 41.9 Å². The van der Waals surface area contributed by atoms with Gasteiger partial charge in [0.25, 0.3) is 0 Å². The molecule has 0 spiro atoms. The maximum Gasteiger partial charge on any atom is 0.0782 e. The summed E-state index contributed by atoms with van der Waals surface area (Å²) in [5.41, 5.74) is 7.02. The van der Waals surface area contributed by atoms with Crippen molar-refractivity contribution in [2.24, 2.45) is 11.0 Å². The third-order valence-electron chi connectivity index (χ3n) is 3.89. The van der Waals surface area contributed by atoms with Gasteiger partial charge in [0.1, 0.15) is 0 Å². The van der Waals surface area contributed by atoms with Crippen molar-refractivity contribution in [3.63, 3.8) is 0 Å². The Morgan fingerprint density at radius 1 is 1.10 bits per heavy atom. The lowest BCUT2D eigenvalue weighted by Crippen LogP contribution is -2.26. The number of hydrazone groups is 1. The Balaban J connectivity index is 1.69.